The molecule has 0 saturated heterocycles. The van der Waals surface area contributed by atoms with Gasteiger partial charge in [0.2, 0.25) is 5.89 Å². The first-order valence-corrected chi connectivity index (χ1v) is 14.9. The molecular formula is C35H40N2O7. The van der Waals surface area contributed by atoms with Crippen LogP contribution in [0.1, 0.15) is 55.7 Å². The highest BCUT2D eigenvalue weighted by Gasteiger charge is 2.29. The molecule has 1 amide bonds. The molecule has 9 nitrogen and oxygen atoms in total. The van der Waals surface area contributed by atoms with Crippen molar-refractivity contribution in [3.05, 3.63) is 95.9 Å². The molecule has 1 heterocycles. The van der Waals surface area contributed by atoms with E-state index in [9.17, 15) is 9.59 Å². The van der Waals surface area contributed by atoms with E-state index in [0.29, 0.717) is 42.6 Å². The molecule has 1 aromatic heterocycles. The molecule has 0 spiro atoms. The first-order valence-electron chi connectivity index (χ1n) is 14.9. The molecule has 0 N–H and O–H groups in total. The Labute approximate surface area is 258 Å². The molecule has 0 aliphatic heterocycles. The highest BCUT2D eigenvalue weighted by molar-refractivity contribution is 5.79. The third-order valence-electron chi connectivity index (χ3n) is 7.27. The van der Waals surface area contributed by atoms with E-state index >= 15 is 0 Å². The summed E-state index contributed by atoms with van der Waals surface area (Å²) < 4.78 is 27.7. The third kappa shape index (κ3) is 8.86. The van der Waals surface area contributed by atoms with Crippen molar-refractivity contribution in [1.29, 1.82) is 0 Å². The average Bonchev–Trinajstić information content (AvgIpc) is 3.43. The van der Waals surface area contributed by atoms with E-state index < -0.39 is 18.1 Å². The summed E-state index contributed by atoms with van der Waals surface area (Å²) in [5.41, 5.74) is 2.65. The van der Waals surface area contributed by atoms with E-state index in [1.807, 2.05) is 61.5 Å². The third-order valence-corrected chi connectivity index (χ3v) is 7.27. The molecule has 3 aromatic carbocycles. The van der Waals surface area contributed by atoms with Crippen molar-refractivity contribution in [2.45, 2.75) is 52.0 Å². The first-order chi connectivity index (χ1) is 21.4. The minimum atomic E-state index is -0.639. The molecule has 44 heavy (non-hydrogen) atoms. The van der Waals surface area contributed by atoms with Crippen molar-refractivity contribution in [2.24, 2.45) is 0 Å². The van der Waals surface area contributed by atoms with Gasteiger partial charge in [0, 0.05) is 12.0 Å². The maximum absolute atomic E-state index is 13.5. The van der Waals surface area contributed by atoms with Gasteiger partial charge in [0.15, 0.2) is 0 Å². The zero-order valence-corrected chi connectivity index (χ0v) is 25.8. The number of ether oxygens (including phenoxy) is 4. The molecule has 232 valence electrons. The number of nitrogens with zero attached hydrogens (tertiary/aromatic N) is 2. The molecule has 0 radical (unpaired) electrons. The topological polar surface area (TPSA) is 100 Å². The van der Waals surface area contributed by atoms with Gasteiger partial charge in [-0.25, -0.2) is 9.78 Å². The Morgan fingerprint density at radius 1 is 0.886 bits per heavy atom. The summed E-state index contributed by atoms with van der Waals surface area (Å²) in [5.74, 6) is 2.51. The number of carbonyl (C=O) groups excluding carboxylic acids is 2. The van der Waals surface area contributed by atoms with Crippen LogP contribution in [0, 0.1) is 6.92 Å². The highest BCUT2D eigenvalue weighted by Crippen LogP contribution is 2.30. The molecule has 0 fully saturated rings. The van der Waals surface area contributed by atoms with Crippen molar-refractivity contribution in [3.63, 3.8) is 0 Å². The van der Waals surface area contributed by atoms with Gasteiger partial charge in [-0.05, 0) is 67.4 Å². The fourth-order valence-electron chi connectivity index (χ4n) is 4.81. The van der Waals surface area contributed by atoms with Gasteiger partial charge >= 0.3 is 12.1 Å². The van der Waals surface area contributed by atoms with Crippen molar-refractivity contribution >= 4 is 12.1 Å². The molecule has 4 aromatic rings. The van der Waals surface area contributed by atoms with Gasteiger partial charge in [-0.1, -0.05) is 56.5 Å². The maximum Gasteiger partial charge on any atom is 0.416 e. The van der Waals surface area contributed by atoms with E-state index in [0.717, 1.165) is 41.8 Å². The lowest BCUT2D eigenvalue weighted by atomic mass is 9.98. The lowest BCUT2D eigenvalue weighted by Crippen LogP contribution is -2.41. The standard InChI is InChI=1S/C35H40N2O7/c1-5-6-8-13-32(37(24-33(38)41-4)35(39)44-30-20-18-28(40-3)19-21-30)26-14-16-29(17-15-26)42-23-22-31-25(2)43-34(36-31)27-11-9-7-10-12-27/h7,9-12,14-21,32H,5-6,8,13,22-24H2,1-4H3/t32-/m0/s1. The summed E-state index contributed by atoms with van der Waals surface area (Å²) in [5, 5.41) is 0. The molecule has 0 unspecified atom stereocenters. The van der Waals surface area contributed by atoms with Crippen LogP contribution in [0.4, 0.5) is 4.79 Å². The second-order valence-corrected chi connectivity index (χ2v) is 10.3. The number of aromatic nitrogens is 1. The monoisotopic (exact) mass is 600 g/mol. The lowest BCUT2D eigenvalue weighted by Gasteiger charge is -2.31. The van der Waals surface area contributed by atoms with Crippen molar-refractivity contribution < 1.29 is 33.0 Å². The van der Waals surface area contributed by atoms with Gasteiger partial charge in [-0.3, -0.25) is 9.69 Å². The summed E-state index contributed by atoms with van der Waals surface area (Å²) in [4.78, 5) is 31.9. The number of unbranched alkanes of at least 4 members (excludes halogenated alkanes) is 2. The lowest BCUT2D eigenvalue weighted by molar-refractivity contribution is -0.142. The molecule has 0 aliphatic carbocycles. The van der Waals surface area contributed by atoms with E-state index in [4.69, 9.17) is 23.4 Å². The number of rotatable bonds is 15. The second-order valence-electron chi connectivity index (χ2n) is 10.3. The van der Waals surface area contributed by atoms with Gasteiger partial charge in [0.05, 0.1) is 32.6 Å². The Morgan fingerprint density at radius 2 is 1.57 bits per heavy atom. The fraction of sp³-hybridized carbons (Fsp3) is 0.343. The molecule has 4 rings (SSSR count). The molecule has 9 heteroatoms. The summed E-state index contributed by atoms with van der Waals surface area (Å²) in [6.45, 7) is 4.20. The van der Waals surface area contributed by atoms with E-state index in [1.165, 1.54) is 12.0 Å². The molecule has 0 bridgehead atoms. The second kappa shape index (κ2) is 16.2. The number of aryl methyl sites for hydroxylation is 1. The number of carbonyl (C=O) groups is 2. The van der Waals surface area contributed by atoms with Crippen LogP contribution in [-0.2, 0) is 16.0 Å². The van der Waals surface area contributed by atoms with Crippen molar-refractivity contribution in [2.75, 3.05) is 27.4 Å². The van der Waals surface area contributed by atoms with Crippen LogP contribution in [0.3, 0.4) is 0 Å². The van der Waals surface area contributed by atoms with Gasteiger partial charge in [0.1, 0.15) is 29.6 Å². The van der Waals surface area contributed by atoms with Crippen LogP contribution >= 0.6 is 0 Å². The number of amides is 1. The zero-order chi connectivity index (χ0) is 31.3. The Balaban J connectivity index is 1.46. The van der Waals surface area contributed by atoms with Crippen LogP contribution in [0.2, 0.25) is 0 Å². The van der Waals surface area contributed by atoms with Gasteiger partial charge in [-0.2, -0.15) is 0 Å². The summed E-state index contributed by atoms with van der Waals surface area (Å²) >= 11 is 0. The minimum absolute atomic E-state index is 0.247. The number of hydrogen-bond acceptors (Lipinski definition) is 8. The van der Waals surface area contributed by atoms with Crippen molar-refractivity contribution in [3.8, 4) is 28.7 Å². The SMILES string of the molecule is CCCCC[C@@H](c1ccc(OCCc2nc(-c3ccccc3)oc2C)cc1)N(CC(=O)OC)C(=O)Oc1ccc(OC)cc1. The Bertz CT molecular complexity index is 1470. The summed E-state index contributed by atoms with van der Waals surface area (Å²) in [7, 11) is 2.87. The minimum Gasteiger partial charge on any atom is -0.497 e. The highest BCUT2D eigenvalue weighted by atomic mass is 16.6. The largest absolute Gasteiger partial charge is 0.497 e. The Kier molecular flexibility index (Phi) is 11.8. The number of methoxy groups -OCH3 is 2. The number of benzene rings is 3. The number of hydrogen-bond donors (Lipinski definition) is 0. The van der Waals surface area contributed by atoms with Crippen LogP contribution in [0.15, 0.2) is 83.3 Å². The predicted molar refractivity (Wildman–Crippen MR) is 167 cm³/mol. The predicted octanol–water partition coefficient (Wildman–Crippen LogP) is 7.58. The number of oxazole rings is 1. The Hall–Kier alpha value is -4.79. The smallest absolute Gasteiger partial charge is 0.416 e. The summed E-state index contributed by atoms with van der Waals surface area (Å²) in [6.07, 6.45) is 3.48. The molecule has 1 atom stereocenters. The Morgan fingerprint density at radius 3 is 2.23 bits per heavy atom. The van der Waals surface area contributed by atoms with Crippen molar-refractivity contribution in [1.82, 2.24) is 9.88 Å². The van der Waals surface area contributed by atoms with Gasteiger partial charge < -0.3 is 23.4 Å². The van der Waals surface area contributed by atoms with Gasteiger partial charge in [0.25, 0.3) is 0 Å². The normalized spacial score (nSPS) is 11.5. The first kappa shape index (κ1) is 32.1. The van der Waals surface area contributed by atoms with Crippen LogP contribution < -0.4 is 14.2 Å². The molecule has 0 saturated carbocycles. The number of esters is 1. The van der Waals surface area contributed by atoms with E-state index in [-0.39, 0.29) is 6.54 Å². The maximum atomic E-state index is 13.5. The average molecular weight is 601 g/mol. The van der Waals surface area contributed by atoms with E-state index in [1.54, 1.807) is 31.4 Å². The van der Waals surface area contributed by atoms with Crippen LogP contribution in [-0.4, -0.2) is 49.3 Å². The quantitative estimate of drug-likeness (QED) is 0.102. The molecule has 0 aliphatic rings. The van der Waals surface area contributed by atoms with Crippen LogP contribution in [0.25, 0.3) is 11.5 Å². The summed E-state index contributed by atoms with van der Waals surface area (Å²) in [6, 6.07) is 23.7. The van der Waals surface area contributed by atoms with Crippen LogP contribution in [0.5, 0.6) is 17.2 Å². The van der Waals surface area contributed by atoms with Gasteiger partial charge in [-0.15, -0.1) is 0 Å². The molecular weight excluding hydrogens is 560 g/mol. The fourth-order valence-corrected chi connectivity index (χ4v) is 4.81. The zero-order valence-electron chi connectivity index (χ0n) is 25.8. The van der Waals surface area contributed by atoms with E-state index in [2.05, 4.69) is 11.9 Å².